The molecule has 2 aromatic rings. The molecule has 0 aliphatic heterocycles. The summed E-state index contributed by atoms with van der Waals surface area (Å²) >= 11 is 6.15. The molecule has 1 atom stereocenters. The van der Waals surface area contributed by atoms with Gasteiger partial charge < -0.3 is 9.52 Å². The van der Waals surface area contributed by atoms with E-state index in [2.05, 4.69) is 0 Å². The molecule has 0 aliphatic carbocycles. The van der Waals surface area contributed by atoms with Crippen LogP contribution in [-0.4, -0.2) is 23.0 Å². The van der Waals surface area contributed by atoms with Gasteiger partial charge in [-0.15, -0.1) is 0 Å². The number of furan rings is 1. The zero-order chi connectivity index (χ0) is 14.7. The third-order valence-corrected chi connectivity index (χ3v) is 3.79. The number of carboxylic acid groups (broad SMARTS) is 1. The first kappa shape index (κ1) is 14.6. The lowest BCUT2D eigenvalue weighted by Crippen LogP contribution is -2.22. The van der Waals surface area contributed by atoms with Gasteiger partial charge >= 0.3 is 5.97 Å². The molecule has 2 rings (SSSR count). The van der Waals surface area contributed by atoms with Crippen molar-refractivity contribution in [1.29, 1.82) is 0 Å². The van der Waals surface area contributed by atoms with Crippen LogP contribution in [0.1, 0.15) is 34.6 Å². The third kappa shape index (κ3) is 3.03. The Bertz CT molecular complexity index is 595. The lowest BCUT2D eigenvalue weighted by molar-refractivity contribution is 0.0697. The van der Waals surface area contributed by atoms with Gasteiger partial charge in [-0.1, -0.05) is 23.7 Å². The second-order valence-corrected chi connectivity index (χ2v) is 5.07. The minimum atomic E-state index is -1.02. The molecule has 20 heavy (non-hydrogen) atoms. The Labute approximate surface area is 122 Å². The van der Waals surface area contributed by atoms with Gasteiger partial charge in [0, 0.05) is 6.54 Å². The number of aromatic carboxylic acids is 1. The highest BCUT2D eigenvalue weighted by atomic mass is 35.5. The fourth-order valence-electron chi connectivity index (χ4n) is 2.02. The Morgan fingerprint density at radius 1 is 1.40 bits per heavy atom. The van der Waals surface area contributed by atoms with Gasteiger partial charge in [-0.25, -0.2) is 4.79 Å². The van der Waals surface area contributed by atoms with Gasteiger partial charge in [-0.3, -0.25) is 4.90 Å². The van der Waals surface area contributed by atoms with Crippen molar-refractivity contribution in [1.82, 2.24) is 4.90 Å². The van der Waals surface area contributed by atoms with Crippen LogP contribution in [0.5, 0.6) is 0 Å². The van der Waals surface area contributed by atoms with E-state index in [0.29, 0.717) is 11.6 Å². The molecule has 1 aromatic heterocycles. The second-order valence-electron chi connectivity index (χ2n) is 4.69. The highest BCUT2D eigenvalue weighted by molar-refractivity contribution is 6.34. The number of carbonyl (C=O) groups is 1. The number of rotatable bonds is 5. The number of benzene rings is 1. The van der Waals surface area contributed by atoms with Crippen molar-refractivity contribution < 1.29 is 14.3 Å². The van der Waals surface area contributed by atoms with Gasteiger partial charge in [0.05, 0.1) is 22.9 Å². The molecule has 0 radical (unpaired) electrons. The van der Waals surface area contributed by atoms with Gasteiger partial charge in [-0.2, -0.15) is 0 Å². The predicted molar refractivity (Wildman–Crippen MR) is 77.0 cm³/mol. The summed E-state index contributed by atoms with van der Waals surface area (Å²) in [5, 5.41) is 9.36. The molecule has 1 heterocycles. The van der Waals surface area contributed by atoms with Crippen LogP contribution in [0, 0.1) is 0 Å². The van der Waals surface area contributed by atoms with Crippen molar-refractivity contribution in [3.8, 4) is 0 Å². The van der Waals surface area contributed by atoms with Crippen LogP contribution in [0.3, 0.4) is 0 Å². The highest BCUT2D eigenvalue weighted by Gasteiger charge is 2.17. The molecule has 106 valence electrons. The van der Waals surface area contributed by atoms with E-state index in [1.807, 2.05) is 37.1 Å². The standard InChI is InChI=1S/C15H16ClNO3/c1-10(13-7-4-8-20-13)17(2)9-11-5-3-6-12(14(11)16)15(18)19/h3-8,10H,9H2,1-2H3,(H,18,19). The zero-order valence-electron chi connectivity index (χ0n) is 11.3. The average Bonchev–Trinajstić information content (AvgIpc) is 2.93. The Morgan fingerprint density at radius 3 is 2.75 bits per heavy atom. The van der Waals surface area contributed by atoms with Crippen molar-refractivity contribution in [3.05, 3.63) is 58.5 Å². The van der Waals surface area contributed by atoms with Crippen LogP contribution in [0.25, 0.3) is 0 Å². The molecular formula is C15H16ClNO3. The van der Waals surface area contributed by atoms with Crippen LogP contribution >= 0.6 is 11.6 Å². The highest BCUT2D eigenvalue weighted by Crippen LogP contribution is 2.26. The molecule has 0 saturated carbocycles. The molecule has 0 aliphatic rings. The van der Waals surface area contributed by atoms with E-state index < -0.39 is 5.97 Å². The smallest absolute Gasteiger partial charge is 0.337 e. The van der Waals surface area contributed by atoms with Crippen molar-refractivity contribution >= 4 is 17.6 Å². The van der Waals surface area contributed by atoms with Crippen molar-refractivity contribution in [3.63, 3.8) is 0 Å². The molecule has 1 unspecified atom stereocenters. The maximum atomic E-state index is 11.1. The van der Waals surface area contributed by atoms with Gasteiger partial charge in [0.2, 0.25) is 0 Å². The van der Waals surface area contributed by atoms with Crippen molar-refractivity contribution in [2.75, 3.05) is 7.05 Å². The number of carboxylic acids is 1. The van der Waals surface area contributed by atoms with Gasteiger partial charge in [-0.05, 0) is 37.7 Å². The average molecular weight is 294 g/mol. The topological polar surface area (TPSA) is 53.7 Å². The van der Waals surface area contributed by atoms with Crippen LogP contribution in [-0.2, 0) is 6.54 Å². The zero-order valence-corrected chi connectivity index (χ0v) is 12.1. The fourth-order valence-corrected chi connectivity index (χ4v) is 2.29. The van der Waals surface area contributed by atoms with Gasteiger partial charge in [0.1, 0.15) is 5.76 Å². The number of nitrogens with zero attached hydrogens (tertiary/aromatic N) is 1. The van der Waals surface area contributed by atoms with Crippen molar-refractivity contribution in [2.24, 2.45) is 0 Å². The number of hydrogen-bond donors (Lipinski definition) is 1. The molecule has 0 amide bonds. The van der Waals surface area contributed by atoms with Crippen LogP contribution in [0.2, 0.25) is 5.02 Å². The van der Waals surface area contributed by atoms with E-state index in [1.54, 1.807) is 12.3 Å². The summed E-state index contributed by atoms with van der Waals surface area (Å²) in [7, 11) is 1.94. The summed E-state index contributed by atoms with van der Waals surface area (Å²) in [5.74, 6) is -0.156. The molecule has 0 bridgehead atoms. The summed E-state index contributed by atoms with van der Waals surface area (Å²) in [6, 6.07) is 8.88. The summed E-state index contributed by atoms with van der Waals surface area (Å²) < 4.78 is 5.38. The molecule has 0 spiro atoms. The maximum Gasteiger partial charge on any atom is 0.337 e. The second kappa shape index (κ2) is 6.11. The van der Waals surface area contributed by atoms with E-state index in [9.17, 15) is 4.79 Å². The van der Waals surface area contributed by atoms with Crippen molar-refractivity contribution in [2.45, 2.75) is 19.5 Å². The molecule has 5 heteroatoms. The first-order chi connectivity index (χ1) is 9.50. The molecule has 1 aromatic carbocycles. The molecule has 4 nitrogen and oxygen atoms in total. The minimum Gasteiger partial charge on any atom is -0.478 e. The molecular weight excluding hydrogens is 278 g/mol. The van der Waals surface area contributed by atoms with Gasteiger partial charge in [0.25, 0.3) is 0 Å². The number of hydrogen-bond acceptors (Lipinski definition) is 3. The molecule has 0 saturated heterocycles. The first-order valence-electron chi connectivity index (χ1n) is 6.25. The fraction of sp³-hybridized carbons (Fsp3) is 0.267. The van der Waals surface area contributed by atoms with Crippen LogP contribution in [0.15, 0.2) is 41.0 Å². The van der Waals surface area contributed by atoms with Crippen LogP contribution < -0.4 is 0 Å². The monoisotopic (exact) mass is 293 g/mol. The van der Waals surface area contributed by atoms with E-state index in [4.69, 9.17) is 21.1 Å². The number of halogens is 1. The largest absolute Gasteiger partial charge is 0.478 e. The molecule has 0 fully saturated rings. The summed E-state index contributed by atoms with van der Waals surface area (Å²) in [4.78, 5) is 13.1. The Hall–Kier alpha value is -1.78. The lowest BCUT2D eigenvalue weighted by Gasteiger charge is -2.23. The minimum absolute atomic E-state index is 0.0783. The van der Waals surface area contributed by atoms with Gasteiger partial charge in [0.15, 0.2) is 0 Å². The van der Waals surface area contributed by atoms with E-state index in [0.717, 1.165) is 11.3 Å². The van der Waals surface area contributed by atoms with E-state index in [-0.39, 0.29) is 11.6 Å². The summed E-state index contributed by atoms with van der Waals surface area (Å²) in [6.07, 6.45) is 1.64. The lowest BCUT2D eigenvalue weighted by atomic mass is 10.1. The summed E-state index contributed by atoms with van der Waals surface area (Å²) in [6.45, 7) is 2.57. The Kier molecular flexibility index (Phi) is 4.47. The predicted octanol–water partition coefficient (Wildman–Crippen LogP) is 3.82. The maximum absolute atomic E-state index is 11.1. The Morgan fingerprint density at radius 2 is 2.15 bits per heavy atom. The quantitative estimate of drug-likeness (QED) is 0.910. The van der Waals surface area contributed by atoms with E-state index in [1.165, 1.54) is 6.07 Å². The Balaban J connectivity index is 2.18. The van der Waals surface area contributed by atoms with Crippen LogP contribution in [0.4, 0.5) is 0 Å². The van der Waals surface area contributed by atoms with E-state index >= 15 is 0 Å². The summed E-state index contributed by atoms with van der Waals surface area (Å²) in [5.41, 5.74) is 0.913. The first-order valence-corrected chi connectivity index (χ1v) is 6.63. The molecule has 1 N–H and O–H groups in total. The third-order valence-electron chi connectivity index (χ3n) is 3.34. The normalized spacial score (nSPS) is 12.6. The SMILES string of the molecule is CC(c1ccco1)N(C)Cc1cccc(C(=O)O)c1Cl.